The van der Waals surface area contributed by atoms with Crippen molar-refractivity contribution in [2.45, 2.75) is 13.0 Å². The molecular weight excluding hydrogens is 324 g/mol. The van der Waals surface area contributed by atoms with Gasteiger partial charge in [-0.25, -0.2) is 0 Å². The SMILES string of the molecule is Cc1nsc(N2CCN(CC3COc4ccccc4O3)CC2)c1N. The van der Waals surface area contributed by atoms with Gasteiger partial charge in [0.2, 0.25) is 0 Å². The first-order valence-corrected chi connectivity index (χ1v) is 9.05. The van der Waals surface area contributed by atoms with E-state index in [2.05, 4.69) is 14.2 Å². The number of ether oxygens (including phenoxy) is 2. The molecule has 2 aromatic rings. The number of piperazine rings is 1. The van der Waals surface area contributed by atoms with Gasteiger partial charge < -0.3 is 20.1 Å². The van der Waals surface area contributed by atoms with E-state index in [9.17, 15) is 0 Å². The van der Waals surface area contributed by atoms with E-state index in [-0.39, 0.29) is 6.10 Å². The van der Waals surface area contributed by atoms with E-state index in [4.69, 9.17) is 15.2 Å². The van der Waals surface area contributed by atoms with Gasteiger partial charge in [-0.05, 0) is 30.6 Å². The van der Waals surface area contributed by atoms with E-state index in [1.807, 2.05) is 31.2 Å². The first-order chi connectivity index (χ1) is 11.7. The van der Waals surface area contributed by atoms with Crippen LogP contribution in [0.2, 0.25) is 0 Å². The minimum atomic E-state index is 0.0853. The summed E-state index contributed by atoms with van der Waals surface area (Å²) in [7, 11) is 0. The van der Waals surface area contributed by atoms with E-state index in [0.717, 1.165) is 60.6 Å². The second kappa shape index (κ2) is 6.49. The zero-order valence-electron chi connectivity index (χ0n) is 13.8. The first kappa shape index (κ1) is 15.5. The highest BCUT2D eigenvalue weighted by molar-refractivity contribution is 7.11. The lowest BCUT2D eigenvalue weighted by Crippen LogP contribution is -2.50. The fourth-order valence-corrected chi connectivity index (χ4v) is 4.03. The Kier molecular flexibility index (Phi) is 4.20. The summed E-state index contributed by atoms with van der Waals surface area (Å²) < 4.78 is 16.2. The van der Waals surface area contributed by atoms with E-state index >= 15 is 0 Å². The van der Waals surface area contributed by atoms with Crippen LogP contribution in [0.3, 0.4) is 0 Å². The number of hydrogen-bond acceptors (Lipinski definition) is 7. The van der Waals surface area contributed by atoms with Crippen LogP contribution in [-0.4, -0.2) is 54.7 Å². The minimum Gasteiger partial charge on any atom is -0.486 e. The average molecular weight is 346 g/mol. The summed E-state index contributed by atoms with van der Waals surface area (Å²) in [5.41, 5.74) is 7.88. The van der Waals surface area contributed by atoms with Gasteiger partial charge >= 0.3 is 0 Å². The number of nitrogens with two attached hydrogens (primary N) is 1. The maximum atomic E-state index is 6.12. The molecule has 0 spiro atoms. The number of aromatic nitrogens is 1. The fourth-order valence-electron chi connectivity index (χ4n) is 3.17. The lowest BCUT2D eigenvalue weighted by molar-refractivity contribution is 0.0571. The van der Waals surface area contributed by atoms with Crippen molar-refractivity contribution in [2.24, 2.45) is 0 Å². The van der Waals surface area contributed by atoms with Crippen molar-refractivity contribution in [1.82, 2.24) is 9.27 Å². The Labute approximate surface area is 145 Å². The molecule has 1 aromatic heterocycles. The maximum absolute atomic E-state index is 6.12. The molecule has 128 valence electrons. The zero-order chi connectivity index (χ0) is 16.5. The van der Waals surface area contributed by atoms with Crippen LogP contribution >= 0.6 is 11.5 Å². The molecular formula is C17H22N4O2S. The third-order valence-corrected chi connectivity index (χ3v) is 5.59. The number of rotatable bonds is 3. The van der Waals surface area contributed by atoms with Crippen LogP contribution in [0.25, 0.3) is 0 Å². The molecule has 3 heterocycles. The van der Waals surface area contributed by atoms with Crippen LogP contribution in [0, 0.1) is 6.92 Å². The molecule has 0 aliphatic carbocycles. The summed E-state index contributed by atoms with van der Waals surface area (Å²) >= 11 is 1.50. The quantitative estimate of drug-likeness (QED) is 0.917. The molecule has 0 saturated carbocycles. The monoisotopic (exact) mass is 346 g/mol. The van der Waals surface area contributed by atoms with Crippen molar-refractivity contribution in [3.63, 3.8) is 0 Å². The van der Waals surface area contributed by atoms with Gasteiger partial charge in [0.25, 0.3) is 0 Å². The standard InChI is InChI=1S/C17H22N4O2S/c1-12-16(18)17(24-19-12)21-8-6-20(7-9-21)10-13-11-22-14-4-2-3-5-15(14)23-13/h2-5,13H,6-11,18H2,1H3. The lowest BCUT2D eigenvalue weighted by atomic mass is 10.2. The van der Waals surface area contributed by atoms with E-state index in [1.54, 1.807) is 0 Å². The highest BCUT2D eigenvalue weighted by Gasteiger charge is 2.26. The summed E-state index contributed by atoms with van der Waals surface area (Å²) in [5.74, 6) is 1.69. The van der Waals surface area contributed by atoms with Gasteiger partial charge in [0.15, 0.2) is 11.5 Å². The third-order valence-electron chi connectivity index (χ3n) is 4.58. The molecule has 24 heavy (non-hydrogen) atoms. The Morgan fingerprint density at radius 3 is 2.67 bits per heavy atom. The summed E-state index contributed by atoms with van der Waals surface area (Å²) in [6.07, 6.45) is 0.0853. The molecule has 6 nitrogen and oxygen atoms in total. The molecule has 0 amide bonds. The largest absolute Gasteiger partial charge is 0.486 e. The molecule has 0 radical (unpaired) electrons. The Balaban J connectivity index is 1.32. The van der Waals surface area contributed by atoms with Crippen LogP contribution < -0.4 is 20.1 Å². The van der Waals surface area contributed by atoms with Gasteiger partial charge in [-0.1, -0.05) is 12.1 Å². The topological polar surface area (TPSA) is 63.9 Å². The molecule has 2 N–H and O–H groups in total. The number of hydrogen-bond donors (Lipinski definition) is 1. The minimum absolute atomic E-state index is 0.0853. The van der Waals surface area contributed by atoms with Gasteiger partial charge in [-0.15, -0.1) is 0 Å². The van der Waals surface area contributed by atoms with E-state index in [1.165, 1.54) is 11.5 Å². The van der Waals surface area contributed by atoms with Crippen molar-refractivity contribution in [3.8, 4) is 11.5 Å². The predicted octanol–water partition coefficient (Wildman–Crippen LogP) is 2.00. The van der Waals surface area contributed by atoms with Gasteiger partial charge in [-0.2, -0.15) is 4.37 Å². The molecule has 2 aliphatic rings. The van der Waals surface area contributed by atoms with Gasteiger partial charge in [0, 0.05) is 32.7 Å². The Bertz CT molecular complexity index is 712. The van der Waals surface area contributed by atoms with Crippen molar-refractivity contribution in [3.05, 3.63) is 30.0 Å². The number of nitrogens with zero attached hydrogens (tertiary/aromatic N) is 3. The number of anilines is 2. The highest BCUT2D eigenvalue weighted by Crippen LogP contribution is 2.33. The Morgan fingerprint density at radius 2 is 1.96 bits per heavy atom. The molecule has 1 unspecified atom stereocenters. The highest BCUT2D eigenvalue weighted by atomic mass is 32.1. The summed E-state index contributed by atoms with van der Waals surface area (Å²) in [4.78, 5) is 4.77. The van der Waals surface area contributed by atoms with Gasteiger partial charge in [0.1, 0.15) is 17.7 Å². The Morgan fingerprint density at radius 1 is 1.21 bits per heavy atom. The number of benzene rings is 1. The van der Waals surface area contributed by atoms with Crippen molar-refractivity contribution < 1.29 is 9.47 Å². The molecule has 1 atom stereocenters. The first-order valence-electron chi connectivity index (χ1n) is 8.28. The van der Waals surface area contributed by atoms with Crippen LogP contribution in [0.5, 0.6) is 11.5 Å². The molecule has 0 bridgehead atoms. The predicted molar refractivity (Wildman–Crippen MR) is 96.3 cm³/mol. The molecule has 2 aliphatic heterocycles. The van der Waals surface area contributed by atoms with Crippen LogP contribution in [0.4, 0.5) is 10.7 Å². The number of aryl methyl sites for hydroxylation is 1. The van der Waals surface area contributed by atoms with E-state index in [0.29, 0.717) is 6.61 Å². The molecule has 1 saturated heterocycles. The molecule has 4 rings (SSSR count). The fraction of sp³-hybridized carbons (Fsp3) is 0.471. The maximum Gasteiger partial charge on any atom is 0.161 e. The smallest absolute Gasteiger partial charge is 0.161 e. The van der Waals surface area contributed by atoms with Crippen LogP contribution in [0.1, 0.15) is 5.69 Å². The Hall–Kier alpha value is -1.99. The normalized spacial score (nSPS) is 21.0. The number of para-hydroxylation sites is 2. The third kappa shape index (κ3) is 3.01. The average Bonchev–Trinajstić information content (AvgIpc) is 2.95. The number of fused-ring (bicyclic) bond motifs is 1. The van der Waals surface area contributed by atoms with Crippen LogP contribution in [0.15, 0.2) is 24.3 Å². The van der Waals surface area contributed by atoms with Crippen molar-refractivity contribution >= 4 is 22.2 Å². The zero-order valence-corrected chi connectivity index (χ0v) is 14.6. The lowest BCUT2D eigenvalue weighted by Gasteiger charge is -2.37. The van der Waals surface area contributed by atoms with Gasteiger partial charge in [-0.3, -0.25) is 4.90 Å². The second-order valence-corrected chi connectivity index (χ2v) is 7.02. The van der Waals surface area contributed by atoms with Gasteiger partial charge in [0.05, 0.1) is 11.4 Å². The molecule has 7 heteroatoms. The summed E-state index contributed by atoms with van der Waals surface area (Å²) in [6, 6.07) is 7.86. The second-order valence-electron chi connectivity index (χ2n) is 6.27. The van der Waals surface area contributed by atoms with E-state index < -0.39 is 0 Å². The van der Waals surface area contributed by atoms with Crippen molar-refractivity contribution in [1.29, 1.82) is 0 Å². The summed E-state index contributed by atoms with van der Waals surface area (Å²) in [5, 5.41) is 1.11. The molecule has 1 aromatic carbocycles. The molecule has 1 fully saturated rings. The van der Waals surface area contributed by atoms with Crippen LogP contribution in [-0.2, 0) is 0 Å². The van der Waals surface area contributed by atoms with Crippen molar-refractivity contribution in [2.75, 3.05) is 50.0 Å². The number of nitrogen functional groups attached to an aromatic ring is 1. The summed E-state index contributed by atoms with van der Waals surface area (Å²) in [6.45, 7) is 7.39.